The van der Waals surface area contributed by atoms with Gasteiger partial charge in [0, 0.05) is 23.2 Å². The van der Waals surface area contributed by atoms with Crippen molar-refractivity contribution in [2.24, 2.45) is 0 Å². The molecular formula is C28H20Cl3FN8O2S. The third kappa shape index (κ3) is 5.52. The van der Waals surface area contributed by atoms with Crippen LogP contribution in [0.3, 0.4) is 0 Å². The number of fused-ring (bicyclic) bond motifs is 1. The largest absolute Gasteiger partial charge is 0.371 e. The summed E-state index contributed by atoms with van der Waals surface area (Å²) in [6, 6.07) is 14.7. The number of nitriles is 1. The lowest BCUT2D eigenvalue weighted by atomic mass is 10.0. The number of aromatic amines is 1. The van der Waals surface area contributed by atoms with Crippen molar-refractivity contribution in [1.82, 2.24) is 20.4 Å². The van der Waals surface area contributed by atoms with Gasteiger partial charge >= 0.3 is 0 Å². The van der Waals surface area contributed by atoms with Crippen LogP contribution in [-0.2, 0) is 10.0 Å². The summed E-state index contributed by atoms with van der Waals surface area (Å²) in [5.41, 5.74) is 3.03. The number of rotatable bonds is 7. The zero-order valence-electron chi connectivity index (χ0n) is 21.9. The number of pyridine rings is 1. The number of H-pyrrole nitrogens is 1. The first-order valence-corrected chi connectivity index (χ1v) is 15.6. The third-order valence-electron chi connectivity index (χ3n) is 6.97. The summed E-state index contributed by atoms with van der Waals surface area (Å²) in [6.45, 7) is 0.396. The quantitative estimate of drug-likeness (QED) is 0.162. The maximum atomic E-state index is 15.0. The fourth-order valence-corrected chi connectivity index (χ4v) is 7.06. The molecule has 0 spiro atoms. The second-order valence-electron chi connectivity index (χ2n) is 9.67. The summed E-state index contributed by atoms with van der Waals surface area (Å²) >= 11 is 18.5. The monoisotopic (exact) mass is 656 g/mol. The predicted octanol–water partition coefficient (Wildman–Crippen LogP) is 6.81. The van der Waals surface area contributed by atoms with Crippen LogP contribution in [0.1, 0.15) is 29.3 Å². The lowest BCUT2D eigenvalue weighted by molar-refractivity contribution is 0.599. The highest BCUT2D eigenvalue weighted by Gasteiger charge is 2.29. The number of benzene rings is 3. The number of halogens is 4. The number of nitrogens with zero attached hydrogens (tertiary/aromatic N) is 5. The molecule has 6 rings (SSSR count). The Labute approximate surface area is 260 Å². The molecule has 1 saturated heterocycles. The smallest absolute Gasteiger partial charge is 0.235 e. The third-order valence-corrected chi connectivity index (χ3v) is 9.84. The molecule has 1 fully saturated rings. The Balaban J connectivity index is 1.46. The lowest BCUT2D eigenvalue weighted by Gasteiger charge is -2.23. The Bertz CT molecular complexity index is 2020. The molecule has 1 aliphatic rings. The van der Waals surface area contributed by atoms with Crippen molar-refractivity contribution in [3.05, 3.63) is 98.6 Å². The molecule has 0 amide bonds. The van der Waals surface area contributed by atoms with Gasteiger partial charge in [-0.25, -0.2) is 12.8 Å². The van der Waals surface area contributed by atoms with Gasteiger partial charge in [-0.2, -0.15) is 20.7 Å². The second-order valence-corrected chi connectivity index (χ2v) is 12.9. The number of sulfonamides is 1. The zero-order chi connectivity index (χ0) is 30.3. The Morgan fingerprint density at radius 3 is 2.65 bits per heavy atom. The molecule has 43 heavy (non-hydrogen) atoms. The van der Waals surface area contributed by atoms with E-state index in [1.807, 2.05) is 6.07 Å². The van der Waals surface area contributed by atoms with Crippen molar-refractivity contribution in [3.63, 3.8) is 0 Å². The minimum Gasteiger partial charge on any atom is -0.371 e. The maximum Gasteiger partial charge on any atom is 0.235 e. The fraction of sp³-hybridized carbons (Fsp3) is 0.143. The topological polar surface area (TPSA) is 140 Å². The van der Waals surface area contributed by atoms with Crippen LogP contribution in [0.5, 0.6) is 0 Å². The standard InChI is InChI=1S/C28H20Cl3FN8O2S/c29-17-10-19-26(36-21-6-5-20(30)24(31)25(21)32)16(12-33)13-34-28(19)22(11-17)37-27(23-14-35-39-38-23)15-3-1-4-18(9-15)40-7-2-8-43(40,41)42/h1,3-6,9-11,13-14,27,37H,2,7-8H2,(H,34,36)(H,35,38,39)/t27-/m0/s1. The van der Waals surface area contributed by atoms with Crippen LogP contribution in [-0.4, -0.2) is 41.1 Å². The fourth-order valence-electron chi connectivity index (χ4n) is 4.98. The molecule has 3 N–H and O–H groups in total. The normalized spacial score (nSPS) is 14.9. The molecule has 0 saturated carbocycles. The molecule has 10 nitrogen and oxygen atoms in total. The van der Waals surface area contributed by atoms with E-state index in [1.54, 1.807) is 36.5 Å². The van der Waals surface area contributed by atoms with Crippen molar-refractivity contribution in [3.8, 4) is 6.07 Å². The van der Waals surface area contributed by atoms with Gasteiger partial charge in [0.2, 0.25) is 10.0 Å². The van der Waals surface area contributed by atoms with E-state index in [9.17, 15) is 18.1 Å². The highest BCUT2D eigenvalue weighted by atomic mass is 35.5. The molecular weight excluding hydrogens is 638 g/mol. The van der Waals surface area contributed by atoms with Crippen LogP contribution >= 0.6 is 34.8 Å². The number of anilines is 4. The molecule has 0 radical (unpaired) electrons. The summed E-state index contributed by atoms with van der Waals surface area (Å²) in [5.74, 6) is -0.690. The van der Waals surface area contributed by atoms with E-state index in [0.717, 1.165) is 0 Å². The van der Waals surface area contributed by atoms with Crippen molar-refractivity contribution >= 4 is 78.5 Å². The first kappa shape index (κ1) is 28.9. The zero-order valence-corrected chi connectivity index (χ0v) is 25.0. The molecule has 0 unspecified atom stereocenters. The summed E-state index contributed by atoms with van der Waals surface area (Å²) in [5, 5.41) is 27.6. The van der Waals surface area contributed by atoms with E-state index in [4.69, 9.17) is 34.8 Å². The Hall–Kier alpha value is -4.15. The first-order valence-electron chi connectivity index (χ1n) is 12.8. The summed E-state index contributed by atoms with van der Waals surface area (Å²) in [6.07, 6.45) is 3.46. The van der Waals surface area contributed by atoms with Gasteiger partial charge in [0.1, 0.15) is 11.8 Å². The first-order chi connectivity index (χ1) is 20.7. The van der Waals surface area contributed by atoms with Crippen LogP contribution in [0.15, 0.2) is 60.9 Å². The van der Waals surface area contributed by atoms with Gasteiger partial charge in [-0.15, -0.1) is 0 Å². The molecule has 1 atom stereocenters. The molecule has 3 heterocycles. The molecule has 5 aromatic rings. The van der Waals surface area contributed by atoms with Gasteiger partial charge in [-0.05, 0) is 48.4 Å². The summed E-state index contributed by atoms with van der Waals surface area (Å²) < 4.78 is 41.6. The van der Waals surface area contributed by atoms with Crippen LogP contribution in [0.25, 0.3) is 10.9 Å². The highest BCUT2D eigenvalue weighted by molar-refractivity contribution is 7.93. The van der Waals surface area contributed by atoms with Gasteiger partial charge < -0.3 is 10.6 Å². The van der Waals surface area contributed by atoms with E-state index in [2.05, 4.69) is 37.1 Å². The molecule has 0 aliphatic carbocycles. The molecule has 15 heteroatoms. The van der Waals surface area contributed by atoms with E-state index in [-0.39, 0.29) is 32.7 Å². The predicted molar refractivity (Wildman–Crippen MR) is 165 cm³/mol. The summed E-state index contributed by atoms with van der Waals surface area (Å²) in [4.78, 5) is 4.52. The van der Waals surface area contributed by atoms with Crippen molar-refractivity contribution < 1.29 is 12.8 Å². The van der Waals surface area contributed by atoms with E-state index in [1.165, 1.54) is 22.6 Å². The number of hydrogen-bond donors (Lipinski definition) is 3. The minimum absolute atomic E-state index is 0.00189. The average Bonchev–Trinajstić information content (AvgIpc) is 3.65. The highest BCUT2D eigenvalue weighted by Crippen LogP contribution is 2.39. The van der Waals surface area contributed by atoms with Crippen LogP contribution in [0.4, 0.5) is 27.1 Å². The van der Waals surface area contributed by atoms with Crippen LogP contribution in [0.2, 0.25) is 15.1 Å². The minimum atomic E-state index is -3.40. The lowest BCUT2D eigenvalue weighted by Crippen LogP contribution is -2.25. The van der Waals surface area contributed by atoms with Gasteiger partial charge in [-0.1, -0.05) is 46.9 Å². The van der Waals surface area contributed by atoms with Crippen molar-refractivity contribution in [1.29, 1.82) is 5.26 Å². The molecule has 0 bridgehead atoms. The van der Waals surface area contributed by atoms with E-state index >= 15 is 0 Å². The van der Waals surface area contributed by atoms with Gasteiger partial charge in [0.25, 0.3) is 0 Å². The average molecular weight is 658 g/mol. The summed E-state index contributed by atoms with van der Waals surface area (Å²) in [7, 11) is -3.40. The molecule has 218 valence electrons. The van der Waals surface area contributed by atoms with Crippen LogP contribution in [0, 0.1) is 17.1 Å². The Kier molecular flexibility index (Phi) is 7.74. The Morgan fingerprint density at radius 1 is 1.09 bits per heavy atom. The van der Waals surface area contributed by atoms with Crippen molar-refractivity contribution in [2.75, 3.05) is 27.2 Å². The van der Waals surface area contributed by atoms with Crippen molar-refractivity contribution in [2.45, 2.75) is 12.5 Å². The number of aromatic nitrogens is 4. The molecule has 2 aromatic heterocycles. The van der Waals surface area contributed by atoms with E-state index < -0.39 is 21.9 Å². The Morgan fingerprint density at radius 2 is 1.93 bits per heavy atom. The van der Waals surface area contributed by atoms with E-state index in [0.29, 0.717) is 51.5 Å². The molecule has 3 aromatic carbocycles. The van der Waals surface area contributed by atoms with Gasteiger partial charge in [-0.3, -0.25) is 9.29 Å². The number of nitrogens with one attached hydrogen (secondary N) is 3. The van der Waals surface area contributed by atoms with Gasteiger partial charge in [0.15, 0.2) is 5.82 Å². The SMILES string of the molecule is N#Cc1cnc2c(N[C@@H](c3cccc(N4CCCS4(=O)=O)c3)c3cn[nH]n3)cc(Cl)cc2c1Nc1ccc(Cl)c(Cl)c1F. The molecule has 1 aliphatic heterocycles. The van der Waals surface area contributed by atoms with Crippen LogP contribution < -0.4 is 14.9 Å². The second kappa shape index (κ2) is 11.5. The van der Waals surface area contributed by atoms with Gasteiger partial charge in [0.05, 0.1) is 61.9 Å². The maximum absolute atomic E-state index is 15.0. The number of hydrogen-bond acceptors (Lipinski definition) is 8.